The highest BCUT2D eigenvalue weighted by atomic mass is 35.5. The summed E-state index contributed by atoms with van der Waals surface area (Å²) in [5, 5.41) is 5.61. The van der Waals surface area contributed by atoms with Crippen LogP contribution in [0.3, 0.4) is 0 Å². The quantitative estimate of drug-likeness (QED) is 0.0563. The molecule has 0 aliphatic rings. The van der Waals surface area contributed by atoms with Gasteiger partial charge in [-0.3, -0.25) is 14.6 Å². The summed E-state index contributed by atoms with van der Waals surface area (Å²) in [7, 11) is 0. The minimum Gasteiger partial charge on any atom is -0.492 e. The van der Waals surface area contributed by atoms with E-state index < -0.39 is 12.1 Å². The van der Waals surface area contributed by atoms with Gasteiger partial charge in [-0.15, -0.1) is 12.4 Å². The molecule has 0 aliphatic carbocycles. The average Bonchev–Trinajstić information content (AvgIpc) is 2.85. The summed E-state index contributed by atoms with van der Waals surface area (Å²) in [5.74, 6) is 1.64. The molecule has 0 aliphatic heterocycles. The van der Waals surface area contributed by atoms with Crippen molar-refractivity contribution in [1.82, 2.24) is 10.6 Å². The van der Waals surface area contributed by atoms with Gasteiger partial charge in [-0.25, -0.2) is 0 Å². The lowest BCUT2D eigenvalue weighted by Gasteiger charge is -2.14. The highest BCUT2D eigenvalue weighted by Gasteiger charge is 2.14. The van der Waals surface area contributed by atoms with Gasteiger partial charge in [-0.2, -0.15) is 25.3 Å². The number of halogens is 1. The van der Waals surface area contributed by atoms with Crippen LogP contribution in [0.15, 0.2) is 23.2 Å². The predicted octanol–water partition coefficient (Wildman–Crippen LogP) is 0.848. The molecule has 0 radical (unpaired) electrons. The monoisotopic (exact) mass is 563 g/mol. The number of aliphatic imine (C=N–C) groups is 1. The standard InChI is InChI=1S/C23H41N7O3S2.ClH/c24-19(6-2-4-10-30-23(26)27)21(31)28-9-3-1-5-20(25)22(32)29-11-12-33-18-8-7-16(14-34)17(13-18)15-35;/h7-8,13,19-20,34-35H,1-6,9-12,14-15,24-25H2,(H,28,31)(H,29,32)(H4,26,27,30);1H/t19-,20-;/m0./s1. The van der Waals surface area contributed by atoms with Crippen LogP contribution in [0.4, 0.5) is 0 Å². The minimum atomic E-state index is -0.608. The van der Waals surface area contributed by atoms with E-state index in [4.69, 9.17) is 27.7 Å². The number of thiol groups is 2. The number of nitrogens with one attached hydrogen (secondary N) is 2. The maximum Gasteiger partial charge on any atom is 0.237 e. The lowest BCUT2D eigenvalue weighted by molar-refractivity contribution is -0.123. The van der Waals surface area contributed by atoms with Crippen molar-refractivity contribution in [3.63, 3.8) is 0 Å². The summed E-state index contributed by atoms with van der Waals surface area (Å²) in [6.07, 6.45) is 4.05. The van der Waals surface area contributed by atoms with Gasteiger partial charge in [0.25, 0.3) is 0 Å². The molecule has 1 aromatic rings. The van der Waals surface area contributed by atoms with E-state index in [2.05, 4.69) is 40.9 Å². The first kappa shape index (κ1) is 34.1. The van der Waals surface area contributed by atoms with Crippen LogP contribution in [0.25, 0.3) is 0 Å². The normalized spacial score (nSPS) is 12.1. The maximum absolute atomic E-state index is 12.2. The third-order valence-electron chi connectivity index (χ3n) is 5.32. The summed E-state index contributed by atoms with van der Waals surface area (Å²) >= 11 is 8.63. The number of nitrogens with two attached hydrogens (primary N) is 4. The number of guanidine groups is 1. The van der Waals surface area contributed by atoms with Crippen LogP contribution in [0.2, 0.25) is 0 Å². The van der Waals surface area contributed by atoms with Crippen molar-refractivity contribution >= 4 is 55.4 Å². The summed E-state index contributed by atoms with van der Waals surface area (Å²) in [5.41, 5.74) is 24.6. The molecule has 10 nitrogen and oxygen atoms in total. The fraction of sp³-hybridized carbons (Fsp3) is 0.609. The molecule has 0 saturated heterocycles. The van der Waals surface area contributed by atoms with Crippen LogP contribution >= 0.6 is 37.7 Å². The van der Waals surface area contributed by atoms with Crippen LogP contribution in [0.1, 0.15) is 49.7 Å². The van der Waals surface area contributed by atoms with E-state index in [1.165, 1.54) is 0 Å². The topological polar surface area (TPSA) is 184 Å². The number of hydrogen-bond donors (Lipinski definition) is 8. The van der Waals surface area contributed by atoms with Gasteiger partial charge in [-0.05, 0) is 61.8 Å². The fourth-order valence-electron chi connectivity index (χ4n) is 3.25. The van der Waals surface area contributed by atoms with Crippen LogP contribution in [0.5, 0.6) is 5.75 Å². The Morgan fingerprint density at radius 2 is 1.47 bits per heavy atom. The molecule has 0 unspecified atom stereocenters. The van der Waals surface area contributed by atoms with Gasteiger partial charge >= 0.3 is 0 Å². The van der Waals surface area contributed by atoms with E-state index in [1.54, 1.807) is 0 Å². The van der Waals surface area contributed by atoms with Gasteiger partial charge < -0.3 is 38.3 Å². The van der Waals surface area contributed by atoms with Crippen molar-refractivity contribution < 1.29 is 14.3 Å². The summed E-state index contributed by atoms with van der Waals surface area (Å²) in [4.78, 5) is 28.1. The van der Waals surface area contributed by atoms with Crippen molar-refractivity contribution in [3.05, 3.63) is 29.3 Å². The van der Waals surface area contributed by atoms with E-state index in [-0.39, 0.29) is 30.2 Å². The molecule has 0 heterocycles. The number of benzene rings is 1. The lowest BCUT2D eigenvalue weighted by Crippen LogP contribution is -2.42. The van der Waals surface area contributed by atoms with Gasteiger partial charge in [0.05, 0.1) is 18.6 Å². The Morgan fingerprint density at radius 1 is 0.889 bits per heavy atom. The molecular weight excluding hydrogens is 522 g/mol. The average molecular weight is 564 g/mol. The number of ether oxygens (including phenoxy) is 1. The molecule has 206 valence electrons. The Morgan fingerprint density at radius 3 is 2.06 bits per heavy atom. The van der Waals surface area contributed by atoms with E-state index >= 15 is 0 Å². The minimum absolute atomic E-state index is 0. The Hall–Kier alpha value is -1.86. The van der Waals surface area contributed by atoms with E-state index in [9.17, 15) is 9.59 Å². The number of nitrogens with zero attached hydrogens (tertiary/aromatic N) is 1. The summed E-state index contributed by atoms with van der Waals surface area (Å²) in [6, 6.07) is 4.62. The molecule has 10 N–H and O–H groups in total. The third kappa shape index (κ3) is 14.6. The molecular formula is C23H42ClN7O3S2. The molecule has 2 atom stereocenters. The molecule has 0 aromatic heterocycles. The Labute approximate surface area is 231 Å². The number of hydrogen-bond acceptors (Lipinski definition) is 8. The van der Waals surface area contributed by atoms with Crippen molar-refractivity contribution in [2.75, 3.05) is 26.2 Å². The molecule has 1 rings (SSSR count). The van der Waals surface area contributed by atoms with E-state index in [1.807, 2.05) is 18.2 Å². The summed E-state index contributed by atoms with van der Waals surface area (Å²) < 4.78 is 5.70. The number of amides is 2. The Bertz CT molecular complexity index is 814. The van der Waals surface area contributed by atoms with Crippen LogP contribution in [0, 0.1) is 0 Å². The molecule has 1 aromatic carbocycles. The maximum atomic E-state index is 12.2. The van der Waals surface area contributed by atoms with Crippen molar-refractivity contribution in [3.8, 4) is 5.75 Å². The Balaban J connectivity index is 0.0000122. The number of rotatable bonds is 18. The largest absolute Gasteiger partial charge is 0.492 e. The second kappa shape index (κ2) is 20.2. The number of carbonyl (C=O) groups excluding carboxylic acids is 2. The molecule has 0 fully saturated rings. The van der Waals surface area contributed by atoms with Gasteiger partial charge in [0.1, 0.15) is 12.4 Å². The summed E-state index contributed by atoms with van der Waals surface area (Å²) in [6.45, 7) is 1.71. The first-order valence-corrected chi connectivity index (χ1v) is 13.1. The first-order chi connectivity index (χ1) is 16.8. The molecule has 0 saturated carbocycles. The Kier molecular flexibility index (Phi) is 19.2. The second-order valence-electron chi connectivity index (χ2n) is 8.19. The van der Waals surface area contributed by atoms with Crippen molar-refractivity contribution in [2.45, 2.75) is 62.1 Å². The predicted molar refractivity (Wildman–Crippen MR) is 155 cm³/mol. The van der Waals surface area contributed by atoms with Crippen LogP contribution in [-0.4, -0.2) is 56.1 Å². The molecule has 36 heavy (non-hydrogen) atoms. The number of unbranched alkanes of at least 4 members (excludes halogenated alkanes) is 2. The van der Waals surface area contributed by atoms with Crippen molar-refractivity contribution in [2.24, 2.45) is 27.9 Å². The zero-order chi connectivity index (χ0) is 26.1. The van der Waals surface area contributed by atoms with Gasteiger partial charge in [0, 0.05) is 24.6 Å². The van der Waals surface area contributed by atoms with E-state index in [0.717, 1.165) is 29.7 Å². The molecule has 0 spiro atoms. The second-order valence-corrected chi connectivity index (χ2v) is 8.82. The van der Waals surface area contributed by atoms with Gasteiger partial charge in [0.15, 0.2) is 5.96 Å². The SMILES string of the molecule is Cl.NC(N)=NCCCC[C@H](N)C(=O)NCCCC[C@H](N)C(=O)NCCOc1ccc(CS)c(CS)c1. The number of carbonyl (C=O) groups is 2. The lowest BCUT2D eigenvalue weighted by atomic mass is 10.1. The van der Waals surface area contributed by atoms with Crippen molar-refractivity contribution in [1.29, 1.82) is 0 Å². The van der Waals surface area contributed by atoms with Crippen LogP contribution < -0.4 is 38.3 Å². The third-order valence-corrected chi connectivity index (χ3v) is 6.00. The highest BCUT2D eigenvalue weighted by molar-refractivity contribution is 7.79. The molecule has 0 bridgehead atoms. The zero-order valence-electron chi connectivity index (χ0n) is 20.7. The smallest absolute Gasteiger partial charge is 0.237 e. The first-order valence-electron chi connectivity index (χ1n) is 11.9. The molecule has 2 amide bonds. The molecule has 13 heteroatoms. The van der Waals surface area contributed by atoms with Crippen LogP contribution in [-0.2, 0) is 21.1 Å². The van der Waals surface area contributed by atoms with Gasteiger partial charge in [-0.1, -0.05) is 6.07 Å². The fourth-order valence-corrected chi connectivity index (χ4v) is 3.85. The highest BCUT2D eigenvalue weighted by Crippen LogP contribution is 2.20. The zero-order valence-corrected chi connectivity index (χ0v) is 23.3. The van der Waals surface area contributed by atoms with E-state index in [0.29, 0.717) is 63.4 Å². The van der Waals surface area contributed by atoms with Gasteiger partial charge in [0.2, 0.25) is 11.8 Å².